The van der Waals surface area contributed by atoms with Crippen molar-refractivity contribution in [3.63, 3.8) is 0 Å². The molecule has 0 spiro atoms. The number of anilines is 1. The first-order valence-corrected chi connectivity index (χ1v) is 13.2. The van der Waals surface area contributed by atoms with Crippen LogP contribution in [0.15, 0.2) is 35.3 Å². The predicted octanol–water partition coefficient (Wildman–Crippen LogP) is -0.0780. The monoisotopic (exact) mass is 541 g/mol. The number of carboxylic acids is 1. The van der Waals surface area contributed by atoms with E-state index in [2.05, 4.69) is 14.8 Å². The van der Waals surface area contributed by atoms with Crippen LogP contribution in [-0.2, 0) is 25.2 Å². The molecule has 1 aliphatic rings. The molecule has 1 aliphatic heterocycles. The van der Waals surface area contributed by atoms with Crippen molar-refractivity contribution in [2.45, 2.75) is 56.7 Å². The highest BCUT2D eigenvalue weighted by molar-refractivity contribution is 7.46. The van der Waals surface area contributed by atoms with Crippen molar-refractivity contribution in [3.05, 3.63) is 46.5 Å². The Hall–Kier alpha value is -2.68. The molecule has 0 unspecified atom stereocenters. The number of phosphoric acid groups is 1. The van der Waals surface area contributed by atoms with Crippen molar-refractivity contribution >= 4 is 19.6 Å². The summed E-state index contributed by atoms with van der Waals surface area (Å²) in [6, 6.07) is 6.60. The first-order chi connectivity index (χ1) is 17.4. The lowest BCUT2D eigenvalue weighted by Gasteiger charge is -2.17. The third-order valence-corrected chi connectivity index (χ3v) is 6.42. The topological polar surface area (TPSA) is 232 Å². The van der Waals surface area contributed by atoms with Crippen molar-refractivity contribution in [1.82, 2.24) is 14.9 Å². The number of nitrogens with one attached hydrogen (secondary N) is 1. The first-order valence-electron chi connectivity index (χ1n) is 11.7. The van der Waals surface area contributed by atoms with E-state index >= 15 is 0 Å². The van der Waals surface area contributed by atoms with Crippen LogP contribution in [0.25, 0.3) is 11.1 Å². The molecule has 0 radical (unpaired) electrons. The van der Waals surface area contributed by atoms with Crippen LogP contribution in [0.2, 0.25) is 0 Å². The Bertz CT molecular complexity index is 1170. The lowest BCUT2D eigenvalue weighted by Crippen LogP contribution is -2.30. The van der Waals surface area contributed by atoms with Gasteiger partial charge in [-0.2, -0.15) is 4.98 Å². The van der Waals surface area contributed by atoms with Crippen LogP contribution in [0.4, 0.5) is 5.82 Å². The number of aliphatic carboxylic acids is 1. The van der Waals surface area contributed by atoms with Crippen LogP contribution in [0, 0.1) is 0 Å². The maximum absolute atomic E-state index is 12.5. The van der Waals surface area contributed by atoms with Crippen molar-refractivity contribution in [3.8, 4) is 11.1 Å². The Morgan fingerprint density at radius 2 is 2.00 bits per heavy atom. The number of aliphatic hydroxyl groups is 1. The van der Waals surface area contributed by atoms with E-state index in [1.165, 1.54) is 10.8 Å². The maximum atomic E-state index is 12.5. The average Bonchev–Trinajstić information content (AvgIpc) is 3.20. The zero-order valence-corrected chi connectivity index (χ0v) is 20.9. The number of carbonyl (C=O) groups is 1. The zero-order valence-electron chi connectivity index (χ0n) is 20.0. The van der Waals surface area contributed by atoms with E-state index in [1.54, 1.807) is 0 Å². The summed E-state index contributed by atoms with van der Waals surface area (Å²) >= 11 is 0. The van der Waals surface area contributed by atoms with Gasteiger partial charge in [0.25, 0.3) is 0 Å². The number of aromatic nitrogens is 2. The van der Waals surface area contributed by atoms with Crippen LogP contribution in [-0.4, -0.2) is 66.9 Å². The summed E-state index contributed by atoms with van der Waals surface area (Å²) in [6.07, 6.45) is 0.338. The van der Waals surface area contributed by atoms with E-state index in [0.29, 0.717) is 37.1 Å². The van der Waals surface area contributed by atoms with Crippen LogP contribution in [0.1, 0.15) is 37.5 Å². The summed E-state index contributed by atoms with van der Waals surface area (Å²) in [4.78, 5) is 44.8. The second kappa shape index (κ2) is 12.7. The molecular formula is C22H32N5O9P. The normalized spacial score (nSPS) is 20.7. The lowest BCUT2D eigenvalue weighted by molar-refractivity contribution is -0.138. The molecule has 37 heavy (non-hydrogen) atoms. The van der Waals surface area contributed by atoms with Crippen molar-refractivity contribution in [2.75, 3.05) is 18.9 Å². The smallest absolute Gasteiger partial charge is 0.469 e. The Kier molecular flexibility index (Phi) is 9.93. The molecular weight excluding hydrogens is 509 g/mol. The minimum atomic E-state index is -4.74. The molecule has 1 aromatic heterocycles. The van der Waals surface area contributed by atoms with Crippen LogP contribution in [0.5, 0.6) is 0 Å². The molecule has 15 heteroatoms. The largest absolute Gasteiger partial charge is 0.480 e. The third-order valence-electron chi connectivity index (χ3n) is 5.93. The van der Waals surface area contributed by atoms with Crippen molar-refractivity contribution in [2.24, 2.45) is 5.73 Å². The van der Waals surface area contributed by atoms with Gasteiger partial charge < -0.3 is 41.5 Å². The fraction of sp³-hybridized carbons (Fsp3) is 0.500. The Morgan fingerprint density at radius 1 is 1.30 bits per heavy atom. The number of rotatable bonds is 13. The highest BCUT2D eigenvalue weighted by atomic mass is 31.2. The fourth-order valence-corrected chi connectivity index (χ4v) is 4.23. The summed E-state index contributed by atoms with van der Waals surface area (Å²) in [7, 11) is -4.74. The molecule has 0 aliphatic carbocycles. The number of nitrogens with two attached hydrogens (primary N) is 2. The quantitative estimate of drug-likeness (QED) is 0.130. The highest BCUT2D eigenvalue weighted by Crippen LogP contribution is 2.38. The predicted molar refractivity (Wildman–Crippen MR) is 132 cm³/mol. The molecule has 204 valence electrons. The van der Waals surface area contributed by atoms with Crippen molar-refractivity contribution in [1.29, 1.82) is 0 Å². The molecule has 0 saturated carbocycles. The number of ether oxygens (including phenoxy) is 1. The molecule has 4 atom stereocenters. The number of aliphatic hydroxyl groups excluding tert-OH is 1. The van der Waals surface area contributed by atoms with E-state index in [9.17, 15) is 19.3 Å². The van der Waals surface area contributed by atoms with E-state index in [1.807, 2.05) is 24.3 Å². The molecule has 2 aromatic rings. The van der Waals surface area contributed by atoms with E-state index < -0.39 is 50.6 Å². The van der Waals surface area contributed by atoms with E-state index in [4.69, 9.17) is 31.1 Å². The van der Waals surface area contributed by atoms with Gasteiger partial charge in [-0.15, -0.1) is 0 Å². The number of unbranched alkanes of at least 4 members (excludes halogenated alkanes) is 1. The lowest BCUT2D eigenvalue weighted by atomic mass is 10.1. The standard InChI is InChI=1S/C22H32N5O9P/c23-16(21(29)30)3-1-2-8-25-10-13-4-6-14(7-5-13)15-11-27(22(31)26-20(15)24)19-9-17(28)18(36-19)12-35-37(32,33)34/h4-7,11,16-19,25,28H,1-3,8-10,12,23H2,(H,29,30)(H2,24,26,31)(H2,32,33,34)/t16-,17-,18+,19+/m0/s1. The molecule has 0 amide bonds. The van der Waals surface area contributed by atoms with Gasteiger partial charge in [-0.1, -0.05) is 30.7 Å². The number of hydrogen-bond donors (Lipinski definition) is 7. The van der Waals surface area contributed by atoms with Crippen molar-refractivity contribution < 1.29 is 38.6 Å². The number of carboxylic acid groups (broad SMARTS) is 1. The average molecular weight is 541 g/mol. The van der Waals surface area contributed by atoms with Gasteiger partial charge in [-0.05, 0) is 30.5 Å². The van der Waals surface area contributed by atoms with Gasteiger partial charge in [0.2, 0.25) is 0 Å². The highest BCUT2D eigenvalue weighted by Gasteiger charge is 2.37. The van der Waals surface area contributed by atoms with Crippen LogP contribution >= 0.6 is 7.82 Å². The third kappa shape index (κ3) is 8.42. The molecule has 1 fully saturated rings. The van der Waals surface area contributed by atoms with Gasteiger partial charge in [0.15, 0.2) is 0 Å². The number of phosphoric ester groups is 1. The second-order valence-corrected chi connectivity index (χ2v) is 10.0. The fourth-order valence-electron chi connectivity index (χ4n) is 3.89. The summed E-state index contributed by atoms with van der Waals surface area (Å²) in [5.41, 5.74) is 13.0. The summed E-state index contributed by atoms with van der Waals surface area (Å²) in [6.45, 7) is 0.769. The molecule has 9 N–H and O–H groups in total. The minimum absolute atomic E-state index is 0.00696. The second-order valence-electron chi connectivity index (χ2n) is 8.76. The zero-order chi connectivity index (χ0) is 27.2. The van der Waals surface area contributed by atoms with Crippen LogP contribution < -0.4 is 22.5 Å². The summed E-state index contributed by atoms with van der Waals surface area (Å²) in [5, 5.41) is 22.3. The number of benzene rings is 1. The Labute approximate surface area is 212 Å². The van der Waals surface area contributed by atoms with E-state index in [0.717, 1.165) is 12.0 Å². The maximum Gasteiger partial charge on any atom is 0.469 e. The first kappa shape index (κ1) is 28.9. The number of nitrogen functional groups attached to an aromatic ring is 1. The number of nitrogens with zero attached hydrogens (tertiary/aromatic N) is 2. The molecule has 2 heterocycles. The molecule has 3 rings (SSSR count). The Balaban J connectivity index is 1.60. The summed E-state index contributed by atoms with van der Waals surface area (Å²) in [5.74, 6) is -0.976. The van der Waals surface area contributed by atoms with Gasteiger partial charge in [-0.3, -0.25) is 13.9 Å². The molecule has 14 nitrogen and oxygen atoms in total. The molecule has 1 saturated heterocycles. The number of hydrogen-bond acceptors (Lipinski definition) is 10. The Morgan fingerprint density at radius 3 is 2.65 bits per heavy atom. The van der Waals surface area contributed by atoms with Gasteiger partial charge >= 0.3 is 19.5 Å². The van der Waals surface area contributed by atoms with E-state index in [-0.39, 0.29) is 12.2 Å². The summed E-state index contributed by atoms with van der Waals surface area (Å²) < 4.78 is 22.1. The van der Waals surface area contributed by atoms with Gasteiger partial charge in [0.1, 0.15) is 24.2 Å². The van der Waals surface area contributed by atoms with Gasteiger partial charge in [-0.25, -0.2) is 9.36 Å². The minimum Gasteiger partial charge on any atom is -0.480 e. The molecule has 1 aromatic carbocycles. The SMILES string of the molecule is Nc1nc(=O)n([C@H]2C[C@H](O)[C@@H](COP(=O)(O)O)O2)cc1-c1ccc(CNCCCC[C@H](N)C(=O)O)cc1. The van der Waals surface area contributed by atoms with Crippen LogP contribution in [0.3, 0.4) is 0 Å². The van der Waals surface area contributed by atoms with Gasteiger partial charge in [0, 0.05) is 24.7 Å². The molecule has 0 bridgehead atoms. The van der Waals surface area contributed by atoms with Gasteiger partial charge in [0.05, 0.1) is 12.7 Å².